The molecule has 0 aliphatic carbocycles. The summed E-state index contributed by atoms with van der Waals surface area (Å²) in [6, 6.07) is 17.7. The number of fused-ring (bicyclic) bond motifs is 1. The Bertz CT molecular complexity index is 966. The smallest absolute Gasteiger partial charge is 0.276 e. The van der Waals surface area contributed by atoms with Gasteiger partial charge in [0, 0.05) is 30.8 Å². The Morgan fingerprint density at radius 2 is 1.96 bits per heavy atom. The van der Waals surface area contributed by atoms with Gasteiger partial charge in [0.05, 0.1) is 18.8 Å². The lowest BCUT2D eigenvalue weighted by Crippen LogP contribution is -2.26. The highest BCUT2D eigenvalue weighted by molar-refractivity contribution is 6.04. The van der Waals surface area contributed by atoms with Crippen molar-refractivity contribution in [1.29, 1.82) is 0 Å². The molecule has 0 spiro atoms. The molecule has 1 aromatic heterocycles. The fraction of sp³-hybridized carbons (Fsp3) is 0.273. The SMILES string of the molecule is CCOc1ccccc1NC(=O)c1nn(Cc2ccccc2)c2c1CNCC2. The van der Waals surface area contributed by atoms with Crippen LogP contribution in [-0.2, 0) is 19.5 Å². The van der Waals surface area contributed by atoms with E-state index in [0.29, 0.717) is 36.8 Å². The number of para-hydroxylation sites is 2. The molecule has 3 aromatic rings. The molecule has 6 heteroatoms. The topological polar surface area (TPSA) is 68.2 Å². The molecule has 6 nitrogen and oxygen atoms in total. The van der Waals surface area contributed by atoms with Gasteiger partial charge in [-0.05, 0) is 24.6 Å². The largest absolute Gasteiger partial charge is 0.492 e. The van der Waals surface area contributed by atoms with E-state index in [1.54, 1.807) is 0 Å². The highest BCUT2D eigenvalue weighted by Crippen LogP contribution is 2.26. The molecule has 0 radical (unpaired) electrons. The summed E-state index contributed by atoms with van der Waals surface area (Å²) < 4.78 is 7.59. The quantitative estimate of drug-likeness (QED) is 0.693. The van der Waals surface area contributed by atoms with Gasteiger partial charge in [-0.25, -0.2) is 0 Å². The second-order valence-electron chi connectivity index (χ2n) is 6.73. The molecule has 1 aliphatic rings. The monoisotopic (exact) mass is 376 g/mol. The first-order valence-corrected chi connectivity index (χ1v) is 9.62. The standard InChI is InChI=1S/C22H24N4O2/c1-2-28-20-11-7-6-10-18(20)24-22(27)21-17-14-23-13-12-19(17)26(25-21)15-16-8-4-3-5-9-16/h3-11,23H,2,12-15H2,1H3,(H,24,27). The van der Waals surface area contributed by atoms with Gasteiger partial charge in [0.25, 0.3) is 5.91 Å². The number of anilines is 1. The van der Waals surface area contributed by atoms with Gasteiger partial charge in [-0.2, -0.15) is 5.10 Å². The fourth-order valence-corrected chi connectivity index (χ4v) is 3.52. The second kappa shape index (κ2) is 8.27. The number of hydrogen-bond acceptors (Lipinski definition) is 4. The number of benzene rings is 2. The first kappa shape index (κ1) is 18.3. The molecule has 0 fully saturated rings. The lowest BCUT2D eigenvalue weighted by atomic mass is 10.1. The third-order valence-corrected chi connectivity index (χ3v) is 4.83. The third kappa shape index (κ3) is 3.77. The molecule has 0 atom stereocenters. The van der Waals surface area contributed by atoms with Crippen LogP contribution in [0.15, 0.2) is 54.6 Å². The first-order chi connectivity index (χ1) is 13.8. The van der Waals surface area contributed by atoms with Crippen LogP contribution in [0.2, 0.25) is 0 Å². The fourth-order valence-electron chi connectivity index (χ4n) is 3.52. The molecule has 0 saturated carbocycles. The molecular formula is C22H24N4O2. The van der Waals surface area contributed by atoms with Crippen molar-refractivity contribution in [2.45, 2.75) is 26.4 Å². The maximum atomic E-state index is 13.0. The number of aromatic nitrogens is 2. The van der Waals surface area contributed by atoms with Gasteiger partial charge < -0.3 is 15.4 Å². The highest BCUT2D eigenvalue weighted by Gasteiger charge is 2.25. The average molecular weight is 376 g/mol. The van der Waals surface area contributed by atoms with Gasteiger partial charge in [-0.1, -0.05) is 42.5 Å². The summed E-state index contributed by atoms with van der Waals surface area (Å²) in [7, 11) is 0. The zero-order chi connectivity index (χ0) is 19.3. The lowest BCUT2D eigenvalue weighted by molar-refractivity contribution is 0.102. The van der Waals surface area contributed by atoms with Crippen LogP contribution in [0.5, 0.6) is 5.75 Å². The number of hydrogen-bond donors (Lipinski definition) is 2. The summed E-state index contributed by atoms with van der Waals surface area (Å²) >= 11 is 0. The Morgan fingerprint density at radius 3 is 2.79 bits per heavy atom. The van der Waals surface area contributed by atoms with Crippen LogP contribution < -0.4 is 15.4 Å². The Hall–Kier alpha value is -3.12. The Balaban J connectivity index is 1.63. The molecule has 2 N–H and O–H groups in total. The average Bonchev–Trinajstić information content (AvgIpc) is 3.09. The van der Waals surface area contributed by atoms with Crippen LogP contribution in [0.3, 0.4) is 0 Å². The van der Waals surface area contributed by atoms with Crippen LogP contribution in [0.1, 0.15) is 34.2 Å². The third-order valence-electron chi connectivity index (χ3n) is 4.83. The summed E-state index contributed by atoms with van der Waals surface area (Å²) in [4.78, 5) is 13.0. The summed E-state index contributed by atoms with van der Waals surface area (Å²) in [5, 5.41) is 11.0. The molecule has 2 aromatic carbocycles. The van der Waals surface area contributed by atoms with E-state index >= 15 is 0 Å². The van der Waals surface area contributed by atoms with Crippen molar-refractivity contribution in [2.24, 2.45) is 0 Å². The molecule has 28 heavy (non-hydrogen) atoms. The summed E-state index contributed by atoms with van der Waals surface area (Å²) in [6.45, 7) is 4.66. The zero-order valence-corrected chi connectivity index (χ0v) is 15.9. The highest BCUT2D eigenvalue weighted by atomic mass is 16.5. The molecular weight excluding hydrogens is 352 g/mol. The minimum absolute atomic E-state index is 0.209. The van der Waals surface area contributed by atoms with Crippen LogP contribution in [0.25, 0.3) is 0 Å². The van der Waals surface area contributed by atoms with Gasteiger partial charge in [0.15, 0.2) is 5.69 Å². The molecule has 144 valence electrons. The normalized spacial score (nSPS) is 13.0. The Morgan fingerprint density at radius 1 is 1.18 bits per heavy atom. The van der Waals surface area contributed by atoms with Gasteiger partial charge in [0.2, 0.25) is 0 Å². The Labute approximate surface area is 164 Å². The maximum absolute atomic E-state index is 13.0. The van der Waals surface area contributed by atoms with E-state index in [0.717, 1.165) is 24.2 Å². The van der Waals surface area contributed by atoms with Gasteiger partial charge >= 0.3 is 0 Å². The molecule has 0 saturated heterocycles. The van der Waals surface area contributed by atoms with E-state index in [4.69, 9.17) is 4.74 Å². The molecule has 0 unspecified atom stereocenters. The minimum Gasteiger partial charge on any atom is -0.492 e. The lowest BCUT2D eigenvalue weighted by Gasteiger charge is -2.16. The minimum atomic E-state index is -0.209. The van der Waals surface area contributed by atoms with E-state index in [9.17, 15) is 4.79 Å². The predicted octanol–water partition coefficient (Wildman–Crippen LogP) is 3.23. The molecule has 4 rings (SSSR count). The van der Waals surface area contributed by atoms with Crippen molar-refractivity contribution in [3.63, 3.8) is 0 Å². The van der Waals surface area contributed by atoms with Crippen molar-refractivity contribution in [3.05, 3.63) is 77.1 Å². The van der Waals surface area contributed by atoms with Crippen molar-refractivity contribution in [1.82, 2.24) is 15.1 Å². The van der Waals surface area contributed by atoms with Gasteiger partial charge in [0.1, 0.15) is 5.75 Å². The summed E-state index contributed by atoms with van der Waals surface area (Å²) in [6.07, 6.45) is 0.859. The first-order valence-electron chi connectivity index (χ1n) is 9.62. The van der Waals surface area contributed by atoms with Crippen LogP contribution in [0.4, 0.5) is 5.69 Å². The van der Waals surface area contributed by atoms with Gasteiger partial charge in [-0.15, -0.1) is 0 Å². The molecule has 1 amide bonds. The van der Waals surface area contributed by atoms with E-state index < -0.39 is 0 Å². The number of nitrogens with zero attached hydrogens (tertiary/aromatic N) is 2. The van der Waals surface area contributed by atoms with Crippen LogP contribution in [-0.4, -0.2) is 28.8 Å². The summed E-state index contributed by atoms with van der Waals surface area (Å²) in [5.74, 6) is 0.452. The second-order valence-corrected chi connectivity index (χ2v) is 6.73. The molecule has 1 aliphatic heterocycles. The zero-order valence-electron chi connectivity index (χ0n) is 15.9. The van der Waals surface area contributed by atoms with Crippen molar-refractivity contribution in [3.8, 4) is 5.75 Å². The van der Waals surface area contributed by atoms with E-state index in [-0.39, 0.29) is 5.91 Å². The van der Waals surface area contributed by atoms with Crippen LogP contribution in [0, 0.1) is 0 Å². The van der Waals surface area contributed by atoms with Gasteiger partial charge in [-0.3, -0.25) is 9.48 Å². The maximum Gasteiger partial charge on any atom is 0.276 e. The number of rotatable bonds is 6. The number of amides is 1. The van der Waals surface area contributed by atoms with Crippen molar-refractivity contribution < 1.29 is 9.53 Å². The van der Waals surface area contributed by atoms with E-state index in [1.165, 1.54) is 5.56 Å². The Kier molecular flexibility index (Phi) is 5.39. The number of ether oxygens (including phenoxy) is 1. The number of carbonyl (C=O) groups excluding carboxylic acids is 1. The van der Waals surface area contributed by atoms with Crippen molar-refractivity contribution >= 4 is 11.6 Å². The molecule has 2 heterocycles. The predicted molar refractivity (Wildman–Crippen MR) is 109 cm³/mol. The molecule has 0 bridgehead atoms. The summed E-state index contributed by atoms with van der Waals surface area (Å²) in [5.41, 5.74) is 4.41. The van der Waals surface area contributed by atoms with E-state index in [2.05, 4.69) is 27.9 Å². The number of nitrogens with one attached hydrogen (secondary N) is 2. The van der Waals surface area contributed by atoms with E-state index in [1.807, 2.05) is 54.1 Å². The number of carbonyl (C=O) groups is 1. The van der Waals surface area contributed by atoms with Crippen LogP contribution >= 0.6 is 0 Å². The van der Waals surface area contributed by atoms with Crippen molar-refractivity contribution in [2.75, 3.05) is 18.5 Å².